The molecule has 1 heterocycles. The predicted octanol–water partition coefficient (Wildman–Crippen LogP) is 2.32. The van der Waals surface area contributed by atoms with Crippen molar-refractivity contribution in [3.63, 3.8) is 0 Å². The molecule has 68 valence electrons. The molecule has 0 aliphatic rings. The average Bonchev–Trinajstić information content (AvgIpc) is 2.06. The molecule has 0 spiro atoms. The van der Waals surface area contributed by atoms with Gasteiger partial charge < -0.3 is 0 Å². The van der Waals surface area contributed by atoms with E-state index in [2.05, 4.69) is 39.0 Å². The van der Waals surface area contributed by atoms with Gasteiger partial charge in [-0.3, -0.25) is 4.68 Å². The average molecular weight is 166 g/mol. The van der Waals surface area contributed by atoms with Gasteiger partial charge in [0.2, 0.25) is 0 Å². The van der Waals surface area contributed by atoms with Crippen LogP contribution in [0.4, 0.5) is 0 Å². The monoisotopic (exact) mass is 166 g/mol. The summed E-state index contributed by atoms with van der Waals surface area (Å²) < 4.78 is 1.89. The second-order valence-corrected chi connectivity index (χ2v) is 4.65. The maximum absolute atomic E-state index is 4.31. The first kappa shape index (κ1) is 9.30. The van der Waals surface area contributed by atoms with Gasteiger partial charge in [0, 0.05) is 13.2 Å². The number of aryl methyl sites for hydroxylation is 2. The zero-order valence-corrected chi connectivity index (χ0v) is 8.68. The van der Waals surface area contributed by atoms with Crippen LogP contribution in [0.5, 0.6) is 0 Å². The molecule has 0 saturated heterocycles. The minimum atomic E-state index is 0.355. The molecule has 0 bridgehead atoms. The van der Waals surface area contributed by atoms with E-state index in [1.165, 1.54) is 5.56 Å². The number of rotatable bonds is 1. The molecule has 1 aromatic rings. The summed E-state index contributed by atoms with van der Waals surface area (Å²) in [6.45, 7) is 8.82. The third-order valence-electron chi connectivity index (χ3n) is 1.84. The highest BCUT2D eigenvalue weighted by Gasteiger charge is 2.14. The Morgan fingerprint density at radius 1 is 1.42 bits per heavy atom. The molecule has 0 amide bonds. The predicted molar refractivity (Wildman–Crippen MR) is 51.1 cm³/mol. The van der Waals surface area contributed by atoms with Gasteiger partial charge in [-0.05, 0) is 24.3 Å². The maximum Gasteiger partial charge on any atom is 0.0625 e. The van der Waals surface area contributed by atoms with E-state index in [9.17, 15) is 0 Å². The Labute approximate surface area is 74.6 Å². The highest BCUT2D eigenvalue weighted by atomic mass is 15.2. The largest absolute Gasteiger partial charge is 0.275 e. The van der Waals surface area contributed by atoms with Crippen LogP contribution in [0, 0.1) is 12.3 Å². The summed E-state index contributed by atoms with van der Waals surface area (Å²) in [4.78, 5) is 0. The van der Waals surface area contributed by atoms with Crippen molar-refractivity contribution in [2.75, 3.05) is 0 Å². The van der Waals surface area contributed by atoms with E-state index in [-0.39, 0.29) is 0 Å². The first-order valence-corrected chi connectivity index (χ1v) is 4.37. The lowest BCUT2D eigenvalue weighted by molar-refractivity contribution is 0.410. The van der Waals surface area contributed by atoms with Crippen molar-refractivity contribution in [3.8, 4) is 0 Å². The van der Waals surface area contributed by atoms with Gasteiger partial charge in [0.1, 0.15) is 0 Å². The van der Waals surface area contributed by atoms with Gasteiger partial charge in [-0.1, -0.05) is 20.8 Å². The van der Waals surface area contributed by atoms with Crippen molar-refractivity contribution in [2.45, 2.75) is 34.1 Å². The number of hydrogen-bond donors (Lipinski definition) is 0. The number of nitrogens with zero attached hydrogens (tertiary/aromatic N) is 2. The van der Waals surface area contributed by atoms with Crippen molar-refractivity contribution in [1.29, 1.82) is 0 Å². The van der Waals surface area contributed by atoms with E-state index >= 15 is 0 Å². The van der Waals surface area contributed by atoms with Crippen LogP contribution in [0.2, 0.25) is 0 Å². The fourth-order valence-corrected chi connectivity index (χ4v) is 1.39. The Kier molecular flexibility index (Phi) is 2.27. The second kappa shape index (κ2) is 2.92. The van der Waals surface area contributed by atoms with Crippen LogP contribution >= 0.6 is 0 Å². The van der Waals surface area contributed by atoms with E-state index < -0.39 is 0 Å². The third-order valence-corrected chi connectivity index (χ3v) is 1.84. The van der Waals surface area contributed by atoms with E-state index in [4.69, 9.17) is 0 Å². The summed E-state index contributed by atoms with van der Waals surface area (Å²) in [7, 11) is 1.97. The van der Waals surface area contributed by atoms with Crippen LogP contribution in [0.1, 0.15) is 32.0 Å². The lowest BCUT2D eigenvalue weighted by Gasteiger charge is -2.16. The van der Waals surface area contributed by atoms with Crippen LogP contribution < -0.4 is 0 Å². The minimum absolute atomic E-state index is 0.355. The zero-order valence-electron chi connectivity index (χ0n) is 8.68. The first-order chi connectivity index (χ1) is 5.38. The van der Waals surface area contributed by atoms with Crippen LogP contribution in [0.3, 0.4) is 0 Å². The summed E-state index contributed by atoms with van der Waals surface area (Å²) in [5, 5.41) is 4.31. The normalized spacial score (nSPS) is 12.1. The zero-order chi connectivity index (χ0) is 9.35. The molecule has 0 aromatic carbocycles. The molecule has 0 fully saturated rings. The van der Waals surface area contributed by atoms with Gasteiger partial charge in [-0.25, -0.2) is 0 Å². The molecular formula is C10H18N2. The smallest absolute Gasteiger partial charge is 0.0625 e. The van der Waals surface area contributed by atoms with Gasteiger partial charge in [-0.2, -0.15) is 5.10 Å². The molecule has 0 radical (unpaired) electrons. The van der Waals surface area contributed by atoms with Crippen LogP contribution in [-0.4, -0.2) is 9.78 Å². The van der Waals surface area contributed by atoms with Crippen LogP contribution in [0.25, 0.3) is 0 Å². The first-order valence-electron chi connectivity index (χ1n) is 4.37. The van der Waals surface area contributed by atoms with Gasteiger partial charge in [-0.15, -0.1) is 0 Å². The second-order valence-electron chi connectivity index (χ2n) is 4.65. The van der Waals surface area contributed by atoms with Crippen LogP contribution in [0.15, 0.2) is 6.20 Å². The standard InChI is InChI=1S/C10H18N2/c1-8-9(6-10(2,3)4)7-12(5)11-8/h7H,6H2,1-5H3. The van der Waals surface area contributed by atoms with Gasteiger partial charge in [0.05, 0.1) is 5.69 Å². The summed E-state index contributed by atoms with van der Waals surface area (Å²) in [6, 6.07) is 0. The van der Waals surface area contributed by atoms with Crippen molar-refractivity contribution in [3.05, 3.63) is 17.5 Å². The fraction of sp³-hybridized carbons (Fsp3) is 0.700. The maximum atomic E-state index is 4.31. The molecule has 0 aliphatic heterocycles. The van der Waals surface area contributed by atoms with Gasteiger partial charge in [0.15, 0.2) is 0 Å². The molecule has 0 N–H and O–H groups in total. The van der Waals surface area contributed by atoms with Crippen molar-refractivity contribution < 1.29 is 0 Å². The number of hydrogen-bond acceptors (Lipinski definition) is 1. The quantitative estimate of drug-likeness (QED) is 0.626. The van der Waals surface area contributed by atoms with E-state index in [0.29, 0.717) is 5.41 Å². The summed E-state index contributed by atoms with van der Waals surface area (Å²) >= 11 is 0. The summed E-state index contributed by atoms with van der Waals surface area (Å²) in [5.74, 6) is 0. The van der Waals surface area contributed by atoms with Crippen molar-refractivity contribution in [1.82, 2.24) is 9.78 Å². The minimum Gasteiger partial charge on any atom is -0.275 e. The third kappa shape index (κ3) is 2.36. The lowest BCUT2D eigenvalue weighted by atomic mass is 9.88. The summed E-state index contributed by atoms with van der Waals surface area (Å²) in [6.07, 6.45) is 3.22. The summed E-state index contributed by atoms with van der Waals surface area (Å²) in [5.41, 5.74) is 2.88. The Balaban J connectivity index is 2.82. The molecule has 2 heteroatoms. The molecule has 1 aromatic heterocycles. The number of aromatic nitrogens is 2. The molecule has 12 heavy (non-hydrogen) atoms. The fourth-order valence-electron chi connectivity index (χ4n) is 1.39. The highest BCUT2D eigenvalue weighted by molar-refractivity contribution is 5.16. The molecule has 1 rings (SSSR count). The topological polar surface area (TPSA) is 17.8 Å². The van der Waals surface area contributed by atoms with Crippen molar-refractivity contribution in [2.24, 2.45) is 12.5 Å². The van der Waals surface area contributed by atoms with Gasteiger partial charge >= 0.3 is 0 Å². The Hall–Kier alpha value is -0.790. The molecule has 0 aliphatic carbocycles. The molecular weight excluding hydrogens is 148 g/mol. The Morgan fingerprint density at radius 3 is 2.33 bits per heavy atom. The van der Waals surface area contributed by atoms with Gasteiger partial charge in [0.25, 0.3) is 0 Å². The SMILES string of the molecule is Cc1nn(C)cc1CC(C)(C)C. The van der Waals surface area contributed by atoms with E-state index in [1.54, 1.807) is 0 Å². The Morgan fingerprint density at radius 2 is 2.00 bits per heavy atom. The lowest BCUT2D eigenvalue weighted by Crippen LogP contribution is -2.09. The molecule has 0 atom stereocenters. The molecule has 0 unspecified atom stereocenters. The molecule has 0 saturated carbocycles. The van der Waals surface area contributed by atoms with E-state index in [0.717, 1.165) is 12.1 Å². The van der Waals surface area contributed by atoms with Crippen LogP contribution in [-0.2, 0) is 13.5 Å². The Bertz CT molecular complexity index is 266. The highest BCUT2D eigenvalue weighted by Crippen LogP contribution is 2.21. The van der Waals surface area contributed by atoms with E-state index in [1.807, 2.05) is 11.7 Å². The molecule has 2 nitrogen and oxygen atoms in total. The van der Waals surface area contributed by atoms with Crippen molar-refractivity contribution >= 4 is 0 Å².